The molecule has 2 aromatic rings. The van der Waals surface area contributed by atoms with Gasteiger partial charge in [-0.25, -0.2) is 4.39 Å². The Morgan fingerprint density at radius 1 is 0.850 bits per heavy atom. The Morgan fingerprint density at radius 2 is 1.35 bits per heavy atom. The molecule has 0 saturated heterocycles. The quantitative estimate of drug-likeness (QED) is 0.798. The normalized spacial score (nSPS) is 14.9. The summed E-state index contributed by atoms with van der Waals surface area (Å²) in [5, 5.41) is 10.3. The molecule has 20 heavy (non-hydrogen) atoms. The van der Waals surface area contributed by atoms with Crippen LogP contribution in [0.5, 0.6) is 0 Å². The van der Waals surface area contributed by atoms with Crippen molar-refractivity contribution in [2.45, 2.75) is 11.8 Å². The topological polar surface area (TPSA) is 20.2 Å². The van der Waals surface area contributed by atoms with Crippen molar-refractivity contribution in [2.75, 3.05) is 0 Å². The van der Waals surface area contributed by atoms with Crippen LogP contribution in [0.4, 0.5) is 17.6 Å². The maximum absolute atomic E-state index is 13.8. The van der Waals surface area contributed by atoms with Gasteiger partial charge < -0.3 is 5.11 Å². The first-order chi connectivity index (χ1) is 9.28. The van der Waals surface area contributed by atoms with Gasteiger partial charge in [0, 0.05) is 15.6 Å². The average molecular weight is 349 g/mol. The Morgan fingerprint density at radius 3 is 1.85 bits per heavy atom. The number of hydrogen-bond donors (Lipinski definition) is 1. The summed E-state index contributed by atoms with van der Waals surface area (Å²) in [5.41, 5.74) is -4.71. The molecule has 2 aromatic carbocycles. The zero-order chi connectivity index (χ0) is 15.0. The van der Waals surface area contributed by atoms with Gasteiger partial charge >= 0.3 is 6.18 Å². The lowest BCUT2D eigenvalue weighted by molar-refractivity contribution is -0.249. The van der Waals surface area contributed by atoms with E-state index in [9.17, 15) is 22.7 Å². The van der Waals surface area contributed by atoms with Crippen LogP contribution in [0.25, 0.3) is 0 Å². The summed E-state index contributed by atoms with van der Waals surface area (Å²) in [7, 11) is 0. The van der Waals surface area contributed by atoms with E-state index in [2.05, 4.69) is 15.9 Å². The van der Waals surface area contributed by atoms with E-state index in [1.165, 1.54) is 30.3 Å². The molecule has 0 saturated carbocycles. The van der Waals surface area contributed by atoms with Crippen molar-refractivity contribution in [1.82, 2.24) is 0 Å². The monoisotopic (exact) mass is 348 g/mol. The van der Waals surface area contributed by atoms with Crippen LogP contribution in [0.1, 0.15) is 11.1 Å². The van der Waals surface area contributed by atoms with Gasteiger partial charge in [-0.2, -0.15) is 13.2 Å². The van der Waals surface area contributed by atoms with E-state index < -0.39 is 28.7 Å². The first-order valence-corrected chi connectivity index (χ1v) is 6.37. The van der Waals surface area contributed by atoms with E-state index in [4.69, 9.17) is 0 Å². The number of alkyl halides is 3. The summed E-state index contributed by atoms with van der Waals surface area (Å²) >= 11 is 2.96. The van der Waals surface area contributed by atoms with Crippen molar-refractivity contribution in [3.05, 3.63) is 69.9 Å². The Hall–Kier alpha value is -1.40. The Bertz CT molecular complexity index is 579. The highest BCUT2D eigenvalue weighted by Crippen LogP contribution is 2.47. The van der Waals surface area contributed by atoms with Crippen LogP contribution < -0.4 is 0 Å². The molecular formula is C14H9BrF4O. The van der Waals surface area contributed by atoms with Crippen molar-refractivity contribution in [1.29, 1.82) is 0 Å². The van der Waals surface area contributed by atoms with Gasteiger partial charge in [-0.15, -0.1) is 0 Å². The van der Waals surface area contributed by atoms with Gasteiger partial charge in [-0.1, -0.05) is 52.3 Å². The van der Waals surface area contributed by atoms with Crippen molar-refractivity contribution >= 4 is 15.9 Å². The third-order valence-electron chi connectivity index (χ3n) is 2.94. The van der Waals surface area contributed by atoms with Crippen molar-refractivity contribution < 1.29 is 22.7 Å². The van der Waals surface area contributed by atoms with Crippen LogP contribution in [-0.2, 0) is 5.60 Å². The predicted octanol–water partition coefficient (Wildman–Crippen LogP) is 4.39. The number of halogens is 5. The minimum Gasteiger partial charge on any atom is -0.372 e. The second-order valence-corrected chi connectivity index (χ2v) is 5.02. The van der Waals surface area contributed by atoms with Crippen molar-refractivity contribution in [2.24, 2.45) is 0 Å². The maximum atomic E-state index is 13.8. The summed E-state index contributed by atoms with van der Waals surface area (Å²) in [4.78, 5) is 0. The van der Waals surface area contributed by atoms with Gasteiger partial charge in [0.25, 0.3) is 0 Å². The Balaban J connectivity index is 2.78. The van der Waals surface area contributed by atoms with E-state index in [0.29, 0.717) is 0 Å². The second kappa shape index (κ2) is 5.18. The fourth-order valence-corrected chi connectivity index (χ4v) is 2.53. The predicted molar refractivity (Wildman–Crippen MR) is 69.6 cm³/mol. The van der Waals surface area contributed by atoms with Crippen LogP contribution >= 0.6 is 15.9 Å². The van der Waals surface area contributed by atoms with E-state index in [1.807, 2.05) is 0 Å². The lowest BCUT2D eigenvalue weighted by Crippen LogP contribution is -2.44. The molecule has 0 amide bonds. The minimum absolute atomic E-state index is 0.0445. The largest absolute Gasteiger partial charge is 0.425 e. The molecule has 0 heterocycles. The Labute approximate surface area is 121 Å². The highest BCUT2D eigenvalue weighted by Gasteiger charge is 2.58. The zero-order valence-electron chi connectivity index (χ0n) is 9.96. The van der Waals surface area contributed by atoms with E-state index >= 15 is 0 Å². The molecular weight excluding hydrogens is 340 g/mol. The van der Waals surface area contributed by atoms with E-state index in [1.54, 1.807) is 0 Å². The number of hydrogen-bond acceptors (Lipinski definition) is 1. The second-order valence-electron chi connectivity index (χ2n) is 4.17. The van der Waals surface area contributed by atoms with Gasteiger partial charge in [0.1, 0.15) is 5.82 Å². The molecule has 0 bridgehead atoms. The molecule has 1 N–H and O–H groups in total. The molecule has 2 rings (SSSR count). The smallest absolute Gasteiger partial charge is 0.372 e. The lowest BCUT2D eigenvalue weighted by atomic mass is 9.85. The van der Waals surface area contributed by atoms with E-state index in [0.717, 1.165) is 18.2 Å². The molecule has 1 nitrogen and oxygen atoms in total. The third-order valence-corrected chi connectivity index (χ3v) is 3.63. The highest BCUT2D eigenvalue weighted by atomic mass is 79.9. The molecule has 0 aliphatic heterocycles. The summed E-state index contributed by atoms with van der Waals surface area (Å²) in [5.74, 6) is -1.12. The average Bonchev–Trinajstić information content (AvgIpc) is 2.37. The molecule has 6 heteroatoms. The molecule has 0 spiro atoms. The molecule has 0 aromatic heterocycles. The van der Waals surface area contributed by atoms with Crippen LogP contribution in [0, 0.1) is 5.82 Å². The maximum Gasteiger partial charge on any atom is 0.425 e. The van der Waals surface area contributed by atoms with Crippen LogP contribution in [0.2, 0.25) is 0 Å². The summed E-state index contributed by atoms with van der Waals surface area (Å²) in [6.07, 6.45) is -5.07. The minimum atomic E-state index is -5.07. The number of rotatable bonds is 2. The fourth-order valence-electron chi connectivity index (χ4n) is 1.96. The van der Waals surface area contributed by atoms with E-state index in [-0.39, 0.29) is 4.47 Å². The highest BCUT2D eigenvalue weighted by molar-refractivity contribution is 9.10. The lowest BCUT2D eigenvalue weighted by Gasteiger charge is -2.32. The van der Waals surface area contributed by atoms with Crippen LogP contribution in [0.3, 0.4) is 0 Å². The first kappa shape index (κ1) is 15.0. The van der Waals surface area contributed by atoms with Crippen LogP contribution in [-0.4, -0.2) is 11.3 Å². The van der Waals surface area contributed by atoms with Gasteiger partial charge in [-0.05, 0) is 12.1 Å². The van der Waals surface area contributed by atoms with Gasteiger partial charge in [0.2, 0.25) is 5.60 Å². The standard InChI is InChI=1S/C14H9BrF4O/c15-11-7-3-1-5-9(11)13(20,14(17,18)19)10-6-2-4-8-12(10)16/h1-8,20H. The van der Waals surface area contributed by atoms with Crippen LogP contribution in [0.15, 0.2) is 53.0 Å². The molecule has 0 radical (unpaired) electrons. The van der Waals surface area contributed by atoms with Gasteiger partial charge in [0.05, 0.1) is 0 Å². The van der Waals surface area contributed by atoms with Gasteiger partial charge in [-0.3, -0.25) is 0 Å². The molecule has 0 aliphatic rings. The molecule has 0 fully saturated rings. The number of aliphatic hydroxyl groups is 1. The summed E-state index contributed by atoms with van der Waals surface area (Å²) < 4.78 is 54.0. The molecule has 106 valence electrons. The summed E-state index contributed by atoms with van der Waals surface area (Å²) in [6.45, 7) is 0. The first-order valence-electron chi connectivity index (χ1n) is 5.57. The SMILES string of the molecule is OC(c1ccccc1F)(c1ccccc1Br)C(F)(F)F. The Kier molecular flexibility index (Phi) is 3.88. The summed E-state index contributed by atoms with van der Waals surface area (Å²) in [6, 6.07) is 9.60. The van der Waals surface area contributed by atoms with Crippen molar-refractivity contribution in [3.63, 3.8) is 0 Å². The molecule has 1 unspecified atom stereocenters. The fraction of sp³-hybridized carbons (Fsp3) is 0.143. The third kappa shape index (κ3) is 2.33. The van der Waals surface area contributed by atoms with Gasteiger partial charge in [0.15, 0.2) is 0 Å². The van der Waals surface area contributed by atoms with Crippen molar-refractivity contribution in [3.8, 4) is 0 Å². The number of benzene rings is 2. The molecule has 1 atom stereocenters. The zero-order valence-corrected chi connectivity index (χ0v) is 11.5. The molecule has 0 aliphatic carbocycles.